The molecule has 0 heterocycles. The first-order valence-corrected chi connectivity index (χ1v) is 7.56. The van der Waals surface area contributed by atoms with Crippen LogP contribution in [0.1, 0.15) is 38.3 Å². The Hall–Kier alpha value is -0.860. The van der Waals surface area contributed by atoms with Crippen molar-refractivity contribution in [3.63, 3.8) is 0 Å². The van der Waals surface area contributed by atoms with Gasteiger partial charge in [0.2, 0.25) is 0 Å². The van der Waals surface area contributed by atoms with Crippen LogP contribution in [0, 0.1) is 5.41 Å². The third-order valence-electron chi connectivity index (χ3n) is 4.24. The van der Waals surface area contributed by atoms with E-state index < -0.39 is 0 Å². The van der Waals surface area contributed by atoms with Gasteiger partial charge in [0.15, 0.2) is 0 Å². The van der Waals surface area contributed by atoms with Crippen molar-refractivity contribution < 1.29 is 0 Å². The Kier molecular flexibility index (Phi) is 4.64. The van der Waals surface area contributed by atoms with Crippen LogP contribution in [0.2, 0.25) is 0 Å². The van der Waals surface area contributed by atoms with Crippen molar-refractivity contribution in [2.75, 3.05) is 19.6 Å². The van der Waals surface area contributed by atoms with Crippen LogP contribution in [0.5, 0.6) is 0 Å². The van der Waals surface area contributed by atoms with Crippen molar-refractivity contribution in [1.29, 1.82) is 0 Å². The number of hydrogen-bond acceptors (Lipinski definition) is 2. The smallest absolute Gasteiger partial charge is 0.0176 e. The molecule has 1 aromatic rings. The van der Waals surface area contributed by atoms with Crippen LogP contribution in [0.4, 0.5) is 0 Å². The lowest BCUT2D eigenvalue weighted by atomic mass is 9.92. The highest BCUT2D eigenvalue weighted by Crippen LogP contribution is 2.27. The quantitative estimate of drug-likeness (QED) is 0.852. The van der Waals surface area contributed by atoms with Crippen LogP contribution >= 0.6 is 0 Å². The number of hydrogen-bond donors (Lipinski definition) is 1. The molecule has 2 nitrogen and oxygen atoms in total. The molecule has 0 aromatic heterocycles. The Balaban J connectivity index is 2.06. The maximum absolute atomic E-state index is 5.91. The lowest BCUT2D eigenvalue weighted by molar-refractivity contribution is 0.135. The molecule has 0 spiro atoms. The molecule has 2 heteroatoms. The van der Waals surface area contributed by atoms with Crippen LogP contribution in [-0.4, -0.2) is 30.6 Å². The first kappa shape index (κ1) is 14.5. The summed E-state index contributed by atoms with van der Waals surface area (Å²) < 4.78 is 0. The molecule has 1 aliphatic rings. The summed E-state index contributed by atoms with van der Waals surface area (Å²) in [7, 11) is 0. The molecule has 0 saturated heterocycles. The molecule has 2 rings (SSSR count). The fourth-order valence-electron chi connectivity index (χ4n) is 3.09. The Bertz CT molecular complexity index is 386. The van der Waals surface area contributed by atoms with E-state index in [-0.39, 0.29) is 5.41 Å². The molecule has 1 aliphatic carbocycles. The summed E-state index contributed by atoms with van der Waals surface area (Å²) in [4.78, 5) is 2.66. The molecular weight excluding hydrogens is 232 g/mol. The van der Waals surface area contributed by atoms with Crippen LogP contribution in [0.25, 0.3) is 0 Å². The molecule has 0 fully saturated rings. The Morgan fingerprint density at radius 2 is 1.79 bits per heavy atom. The summed E-state index contributed by atoms with van der Waals surface area (Å²) in [6.07, 6.45) is 3.63. The predicted octanol–water partition coefficient (Wildman–Crippen LogP) is 2.85. The van der Waals surface area contributed by atoms with Crippen LogP contribution in [-0.2, 0) is 12.8 Å². The zero-order chi connectivity index (χ0) is 13.9. The number of nitrogens with zero attached hydrogens (tertiary/aromatic N) is 1. The number of nitrogens with two attached hydrogens (primary N) is 1. The Labute approximate surface area is 118 Å². The number of benzene rings is 1. The zero-order valence-electron chi connectivity index (χ0n) is 12.7. The summed E-state index contributed by atoms with van der Waals surface area (Å²) >= 11 is 0. The summed E-state index contributed by atoms with van der Waals surface area (Å²) in [5.74, 6) is 0. The average Bonchev–Trinajstić information content (AvgIpc) is 2.82. The van der Waals surface area contributed by atoms with Crippen LogP contribution < -0.4 is 5.73 Å². The van der Waals surface area contributed by atoms with E-state index in [1.54, 1.807) is 11.1 Å². The molecular formula is C17H28N2. The standard InChI is InChI=1S/C17H28N2/c1-4-9-19(13-17(2,3)12-18)16-10-14-7-5-6-8-15(14)11-16/h5-8,16H,4,9-13,18H2,1-3H3. The summed E-state index contributed by atoms with van der Waals surface area (Å²) in [6.45, 7) is 9.87. The van der Waals surface area contributed by atoms with Gasteiger partial charge in [0.25, 0.3) is 0 Å². The van der Waals surface area contributed by atoms with E-state index in [1.807, 2.05) is 0 Å². The second-order valence-corrected chi connectivity index (χ2v) is 6.67. The molecule has 106 valence electrons. The van der Waals surface area contributed by atoms with Gasteiger partial charge in [-0.25, -0.2) is 0 Å². The molecule has 19 heavy (non-hydrogen) atoms. The van der Waals surface area contributed by atoms with E-state index in [9.17, 15) is 0 Å². The molecule has 0 saturated carbocycles. The summed E-state index contributed by atoms with van der Waals surface area (Å²) in [6, 6.07) is 9.56. The largest absolute Gasteiger partial charge is 0.330 e. The minimum Gasteiger partial charge on any atom is -0.330 e. The van der Waals surface area contributed by atoms with Crippen molar-refractivity contribution in [2.45, 2.75) is 46.1 Å². The molecule has 0 unspecified atom stereocenters. The van der Waals surface area contributed by atoms with Gasteiger partial charge >= 0.3 is 0 Å². The van der Waals surface area contributed by atoms with Gasteiger partial charge in [-0.1, -0.05) is 45.0 Å². The first-order valence-electron chi connectivity index (χ1n) is 7.56. The molecule has 1 aromatic carbocycles. The zero-order valence-corrected chi connectivity index (χ0v) is 12.7. The Morgan fingerprint density at radius 1 is 1.21 bits per heavy atom. The van der Waals surface area contributed by atoms with Gasteiger partial charge in [-0.05, 0) is 48.9 Å². The van der Waals surface area contributed by atoms with Gasteiger partial charge in [-0.2, -0.15) is 0 Å². The second kappa shape index (κ2) is 6.06. The van der Waals surface area contributed by atoms with Crippen molar-refractivity contribution in [3.8, 4) is 0 Å². The first-order chi connectivity index (χ1) is 9.05. The van der Waals surface area contributed by atoms with E-state index in [2.05, 4.69) is 49.9 Å². The lowest BCUT2D eigenvalue weighted by Crippen LogP contribution is -2.45. The van der Waals surface area contributed by atoms with Crippen LogP contribution in [0.15, 0.2) is 24.3 Å². The van der Waals surface area contributed by atoms with Crippen molar-refractivity contribution in [3.05, 3.63) is 35.4 Å². The van der Waals surface area contributed by atoms with Crippen molar-refractivity contribution in [2.24, 2.45) is 11.1 Å². The maximum Gasteiger partial charge on any atom is 0.0176 e. The van der Waals surface area contributed by atoms with Crippen molar-refractivity contribution in [1.82, 2.24) is 4.90 Å². The lowest BCUT2D eigenvalue weighted by Gasteiger charge is -2.35. The highest BCUT2D eigenvalue weighted by molar-refractivity contribution is 5.33. The van der Waals surface area contributed by atoms with Gasteiger partial charge < -0.3 is 5.73 Å². The summed E-state index contributed by atoms with van der Waals surface area (Å²) in [5.41, 5.74) is 9.20. The monoisotopic (exact) mass is 260 g/mol. The molecule has 0 bridgehead atoms. The Morgan fingerprint density at radius 3 is 2.26 bits per heavy atom. The minimum atomic E-state index is 0.212. The topological polar surface area (TPSA) is 29.3 Å². The number of fused-ring (bicyclic) bond motifs is 1. The van der Waals surface area contributed by atoms with E-state index in [0.717, 1.165) is 13.1 Å². The van der Waals surface area contributed by atoms with Gasteiger partial charge in [-0.15, -0.1) is 0 Å². The summed E-state index contributed by atoms with van der Waals surface area (Å²) in [5, 5.41) is 0. The molecule has 0 radical (unpaired) electrons. The minimum absolute atomic E-state index is 0.212. The third kappa shape index (κ3) is 3.58. The molecule has 0 aliphatic heterocycles. The highest BCUT2D eigenvalue weighted by Gasteiger charge is 2.29. The van der Waals surface area contributed by atoms with Crippen LogP contribution in [0.3, 0.4) is 0 Å². The van der Waals surface area contributed by atoms with Gasteiger partial charge in [0.1, 0.15) is 0 Å². The highest BCUT2D eigenvalue weighted by atomic mass is 15.2. The van der Waals surface area contributed by atoms with Gasteiger partial charge in [0.05, 0.1) is 0 Å². The SMILES string of the molecule is CCCN(CC(C)(C)CN)C1Cc2ccccc2C1. The molecule has 0 amide bonds. The van der Waals surface area contributed by atoms with E-state index in [0.29, 0.717) is 6.04 Å². The fourth-order valence-corrected chi connectivity index (χ4v) is 3.09. The second-order valence-electron chi connectivity index (χ2n) is 6.67. The number of rotatable bonds is 6. The van der Waals surface area contributed by atoms with E-state index in [1.165, 1.54) is 25.8 Å². The third-order valence-corrected chi connectivity index (χ3v) is 4.24. The average molecular weight is 260 g/mol. The maximum atomic E-state index is 5.91. The van der Waals surface area contributed by atoms with E-state index >= 15 is 0 Å². The van der Waals surface area contributed by atoms with E-state index in [4.69, 9.17) is 5.73 Å². The predicted molar refractivity (Wildman–Crippen MR) is 82.3 cm³/mol. The van der Waals surface area contributed by atoms with Gasteiger partial charge in [-0.3, -0.25) is 4.90 Å². The molecule has 0 atom stereocenters. The molecule has 2 N–H and O–H groups in total. The normalized spacial score (nSPS) is 16.1. The van der Waals surface area contributed by atoms with Crippen molar-refractivity contribution >= 4 is 0 Å². The fraction of sp³-hybridized carbons (Fsp3) is 0.647. The van der Waals surface area contributed by atoms with Gasteiger partial charge in [0, 0.05) is 12.6 Å².